The molecule has 148 valence electrons. The molecular weight excluding hydrogens is 372 g/mol. The SMILES string of the molecule is O=C1N(Cc2ccccc2)CC(c2ccc(F)cc2)C1(CO)c1ccc(F)cc1. The van der Waals surface area contributed by atoms with Crippen LogP contribution in [0, 0.1) is 11.6 Å². The third-order valence-electron chi connectivity index (χ3n) is 5.76. The van der Waals surface area contributed by atoms with Crippen molar-refractivity contribution in [1.82, 2.24) is 4.90 Å². The van der Waals surface area contributed by atoms with Gasteiger partial charge in [0.15, 0.2) is 0 Å². The number of carbonyl (C=O) groups excluding carboxylic acids is 1. The molecule has 3 aromatic carbocycles. The van der Waals surface area contributed by atoms with Crippen molar-refractivity contribution in [3.05, 3.63) is 107 Å². The predicted molar refractivity (Wildman–Crippen MR) is 106 cm³/mol. The minimum absolute atomic E-state index is 0.218. The van der Waals surface area contributed by atoms with E-state index < -0.39 is 23.8 Å². The Bertz CT molecular complexity index is 990. The third kappa shape index (κ3) is 3.42. The Balaban J connectivity index is 1.80. The summed E-state index contributed by atoms with van der Waals surface area (Å²) >= 11 is 0. The number of aliphatic hydroxyl groups excluding tert-OH is 1. The molecule has 0 spiro atoms. The summed E-state index contributed by atoms with van der Waals surface area (Å²) in [5.41, 5.74) is 1.04. The molecule has 29 heavy (non-hydrogen) atoms. The van der Waals surface area contributed by atoms with Crippen LogP contribution < -0.4 is 0 Å². The fourth-order valence-electron chi connectivity index (χ4n) is 4.26. The Morgan fingerprint density at radius 1 is 0.897 bits per heavy atom. The molecule has 0 radical (unpaired) electrons. The van der Waals surface area contributed by atoms with E-state index in [1.807, 2.05) is 30.3 Å². The first-order valence-electron chi connectivity index (χ1n) is 9.50. The number of nitrogens with zero attached hydrogens (tertiary/aromatic N) is 1. The average molecular weight is 393 g/mol. The van der Waals surface area contributed by atoms with Gasteiger partial charge in [-0.15, -0.1) is 0 Å². The molecular formula is C24H21F2NO2. The van der Waals surface area contributed by atoms with Crippen LogP contribution in [0.5, 0.6) is 0 Å². The lowest BCUT2D eigenvalue weighted by Crippen LogP contribution is -2.43. The van der Waals surface area contributed by atoms with E-state index in [0.29, 0.717) is 18.7 Å². The minimum atomic E-state index is -1.25. The van der Waals surface area contributed by atoms with Crippen LogP contribution in [0.4, 0.5) is 8.78 Å². The van der Waals surface area contributed by atoms with Crippen LogP contribution in [-0.4, -0.2) is 29.1 Å². The maximum Gasteiger partial charge on any atom is 0.236 e. The number of rotatable bonds is 5. The fraction of sp³-hybridized carbons (Fsp3) is 0.208. The molecule has 0 saturated carbocycles. The maximum absolute atomic E-state index is 13.6. The molecule has 0 bridgehead atoms. The summed E-state index contributed by atoms with van der Waals surface area (Å²) in [6, 6.07) is 21.3. The molecule has 1 fully saturated rings. The maximum atomic E-state index is 13.6. The van der Waals surface area contributed by atoms with Gasteiger partial charge >= 0.3 is 0 Å². The van der Waals surface area contributed by atoms with Crippen LogP contribution in [0.15, 0.2) is 78.9 Å². The lowest BCUT2D eigenvalue weighted by molar-refractivity contribution is -0.134. The van der Waals surface area contributed by atoms with Crippen LogP contribution in [0.2, 0.25) is 0 Å². The molecule has 2 unspecified atom stereocenters. The highest BCUT2D eigenvalue weighted by Gasteiger charge is 2.55. The van der Waals surface area contributed by atoms with Gasteiger partial charge in [0.2, 0.25) is 5.91 Å². The standard InChI is InChI=1S/C24H21F2NO2/c25-20-10-6-18(7-11-20)22-15-27(14-17-4-2-1-3-5-17)23(29)24(22,16-28)19-8-12-21(26)13-9-19/h1-13,22,28H,14-16H2. The highest BCUT2D eigenvalue weighted by atomic mass is 19.1. The van der Waals surface area contributed by atoms with Gasteiger partial charge in [0.05, 0.1) is 6.61 Å². The second-order valence-electron chi connectivity index (χ2n) is 7.41. The number of benzene rings is 3. The Morgan fingerprint density at radius 2 is 1.48 bits per heavy atom. The smallest absolute Gasteiger partial charge is 0.236 e. The van der Waals surface area contributed by atoms with Crippen LogP contribution in [0.3, 0.4) is 0 Å². The first-order valence-corrected chi connectivity index (χ1v) is 9.50. The van der Waals surface area contributed by atoms with Gasteiger partial charge in [0, 0.05) is 19.0 Å². The summed E-state index contributed by atoms with van der Waals surface area (Å²) in [5.74, 6) is -1.39. The highest BCUT2D eigenvalue weighted by Crippen LogP contribution is 2.46. The topological polar surface area (TPSA) is 40.5 Å². The number of carbonyl (C=O) groups is 1. The van der Waals surface area contributed by atoms with Gasteiger partial charge in [-0.3, -0.25) is 4.79 Å². The highest BCUT2D eigenvalue weighted by molar-refractivity contribution is 5.92. The van der Waals surface area contributed by atoms with Crippen molar-refractivity contribution in [1.29, 1.82) is 0 Å². The molecule has 2 atom stereocenters. The molecule has 0 aromatic heterocycles. The Morgan fingerprint density at radius 3 is 2.07 bits per heavy atom. The molecule has 1 saturated heterocycles. The molecule has 4 rings (SSSR count). The molecule has 1 heterocycles. The van der Waals surface area contributed by atoms with Crippen LogP contribution >= 0.6 is 0 Å². The number of likely N-dealkylation sites (tertiary alicyclic amines) is 1. The number of aliphatic hydroxyl groups is 1. The third-order valence-corrected chi connectivity index (χ3v) is 5.76. The van der Waals surface area contributed by atoms with Gasteiger partial charge in [-0.2, -0.15) is 0 Å². The van der Waals surface area contributed by atoms with Crippen molar-refractivity contribution in [3.63, 3.8) is 0 Å². The molecule has 1 amide bonds. The summed E-state index contributed by atoms with van der Waals surface area (Å²) < 4.78 is 27.0. The quantitative estimate of drug-likeness (QED) is 0.711. The van der Waals surface area contributed by atoms with Crippen molar-refractivity contribution >= 4 is 5.91 Å². The number of hydrogen-bond donors (Lipinski definition) is 1. The fourth-order valence-corrected chi connectivity index (χ4v) is 4.26. The lowest BCUT2D eigenvalue weighted by atomic mass is 9.70. The summed E-state index contributed by atoms with van der Waals surface area (Å²) in [6.45, 7) is 0.350. The van der Waals surface area contributed by atoms with Gasteiger partial charge in [0.25, 0.3) is 0 Å². The first-order chi connectivity index (χ1) is 14.0. The predicted octanol–water partition coefficient (Wildman–Crippen LogP) is 4.02. The van der Waals surface area contributed by atoms with Crippen LogP contribution in [0.1, 0.15) is 22.6 Å². The lowest BCUT2D eigenvalue weighted by Gasteiger charge is -2.32. The van der Waals surface area contributed by atoms with E-state index in [2.05, 4.69) is 0 Å². The summed E-state index contributed by atoms with van der Waals surface area (Å²) in [5, 5.41) is 10.5. The van der Waals surface area contributed by atoms with Gasteiger partial charge in [0.1, 0.15) is 17.0 Å². The van der Waals surface area contributed by atoms with Gasteiger partial charge in [-0.05, 0) is 41.0 Å². The number of halogens is 2. The Labute approximate surface area is 168 Å². The zero-order valence-electron chi connectivity index (χ0n) is 15.8. The van der Waals surface area contributed by atoms with Gasteiger partial charge in [-0.25, -0.2) is 8.78 Å². The summed E-state index contributed by atoms with van der Waals surface area (Å²) in [4.78, 5) is 15.3. The molecule has 3 nitrogen and oxygen atoms in total. The van der Waals surface area contributed by atoms with Gasteiger partial charge in [-0.1, -0.05) is 54.6 Å². The van der Waals surface area contributed by atoms with E-state index in [0.717, 1.165) is 11.1 Å². The van der Waals surface area contributed by atoms with E-state index >= 15 is 0 Å². The Kier molecular flexibility index (Phi) is 5.16. The van der Waals surface area contributed by atoms with Crippen molar-refractivity contribution in [2.24, 2.45) is 0 Å². The average Bonchev–Trinajstić information content (AvgIpc) is 3.02. The zero-order valence-corrected chi connectivity index (χ0v) is 15.8. The zero-order chi connectivity index (χ0) is 20.4. The van der Waals surface area contributed by atoms with Crippen LogP contribution in [-0.2, 0) is 16.8 Å². The van der Waals surface area contributed by atoms with Crippen molar-refractivity contribution in [2.45, 2.75) is 17.9 Å². The second kappa shape index (κ2) is 7.76. The molecule has 5 heteroatoms. The minimum Gasteiger partial charge on any atom is -0.395 e. The van der Waals surface area contributed by atoms with Gasteiger partial charge < -0.3 is 10.0 Å². The molecule has 3 aromatic rings. The monoisotopic (exact) mass is 393 g/mol. The van der Waals surface area contributed by atoms with E-state index in [9.17, 15) is 18.7 Å². The second-order valence-corrected chi connectivity index (χ2v) is 7.41. The van der Waals surface area contributed by atoms with E-state index in [-0.39, 0.29) is 11.7 Å². The van der Waals surface area contributed by atoms with Crippen LogP contribution in [0.25, 0.3) is 0 Å². The molecule has 1 N–H and O–H groups in total. The molecule has 0 aliphatic carbocycles. The molecule has 1 aliphatic heterocycles. The largest absolute Gasteiger partial charge is 0.395 e. The Hall–Kier alpha value is -3.05. The van der Waals surface area contributed by atoms with Crippen molar-refractivity contribution in [3.8, 4) is 0 Å². The summed E-state index contributed by atoms with van der Waals surface area (Å²) in [6.07, 6.45) is 0. The normalized spacial score (nSPS) is 21.6. The van der Waals surface area contributed by atoms with Crippen molar-refractivity contribution in [2.75, 3.05) is 13.2 Å². The van der Waals surface area contributed by atoms with E-state index in [1.165, 1.54) is 24.3 Å². The first kappa shape index (κ1) is 19.3. The van der Waals surface area contributed by atoms with Crippen molar-refractivity contribution < 1.29 is 18.7 Å². The molecule has 1 aliphatic rings. The van der Waals surface area contributed by atoms with E-state index in [4.69, 9.17) is 0 Å². The summed E-state index contributed by atoms with van der Waals surface area (Å²) in [7, 11) is 0. The number of amides is 1. The van der Waals surface area contributed by atoms with E-state index in [1.54, 1.807) is 29.2 Å². The number of hydrogen-bond acceptors (Lipinski definition) is 2.